The van der Waals surface area contributed by atoms with Crippen molar-refractivity contribution < 1.29 is 9.90 Å². The number of fused-ring (bicyclic) bond motifs is 1. The number of benzene rings is 3. The number of phenolic OH excluding ortho intramolecular Hbond substituents is 1. The molecule has 0 fully saturated rings. The van der Waals surface area contributed by atoms with E-state index in [0.717, 1.165) is 11.1 Å². The molecule has 5 nitrogen and oxygen atoms in total. The number of aromatic hydroxyl groups is 1. The van der Waals surface area contributed by atoms with Crippen LogP contribution in [0.15, 0.2) is 83.8 Å². The number of aryl methyl sites for hydroxylation is 1. The number of aromatic amines is 1. The Bertz CT molecular complexity index is 1230. The van der Waals surface area contributed by atoms with Gasteiger partial charge in [0, 0.05) is 29.3 Å². The van der Waals surface area contributed by atoms with E-state index in [1.54, 1.807) is 24.4 Å². The Morgan fingerprint density at radius 3 is 2.59 bits per heavy atom. The smallest absolute Gasteiger partial charge is 0.255 e. The van der Waals surface area contributed by atoms with E-state index < -0.39 is 0 Å². The quantitative estimate of drug-likeness (QED) is 0.475. The molecule has 5 heteroatoms. The van der Waals surface area contributed by atoms with Gasteiger partial charge in [-0.05, 0) is 41.8 Å². The molecule has 0 aliphatic carbocycles. The predicted octanol–water partition coefficient (Wildman–Crippen LogP) is 4.47. The second kappa shape index (κ2) is 8.02. The lowest BCUT2D eigenvalue weighted by molar-refractivity contribution is -0.116. The van der Waals surface area contributed by atoms with Gasteiger partial charge in [-0.1, -0.05) is 48.5 Å². The van der Waals surface area contributed by atoms with Crippen molar-refractivity contribution in [2.45, 2.75) is 12.8 Å². The van der Waals surface area contributed by atoms with Crippen LogP contribution in [0.1, 0.15) is 12.0 Å². The van der Waals surface area contributed by atoms with Gasteiger partial charge in [-0.25, -0.2) is 0 Å². The highest BCUT2D eigenvalue weighted by atomic mass is 16.3. The van der Waals surface area contributed by atoms with E-state index in [4.69, 9.17) is 0 Å². The first-order valence-electron chi connectivity index (χ1n) is 9.39. The van der Waals surface area contributed by atoms with E-state index in [9.17, 15) is 14.7 Å². The van der Waals surface area contributed by atoms with Crippen LogP contribution in [0.5, 0.6) is 5.75 Å². The van der Waals surface area contributed by atoms with Crippen LogP contribution in [-0.4, -0.2) is 16.0 Å². The molecule has 0 aliphatic rings. The van der Waals surface area contributed by atoms with Crippen molar-refractivity contribution in [1.82, 2.24) is 4.98 Å². The molecule has 0 saturated heterocycles. The third-order valence-electron chi connectivity index (χ3n) is 4.84. The summed E-state index contributed by atoms with van der Waals surface area (Å²) in [4.78, 5) is 27.2. The fraction of sp³-hybridized carbons (Fsp3) is 0.0833. The van der Waals surface area contributed by atoms with Gasteiger partial charge in [0.1, 0.15) is 5.75 Å². The SMILES string of the molecule is O=C(CCc1ccccc1)Nc1cccc(-c2c[nH]c(=O)c3cccc(O)c23)c1. The minimum atomic E-state index is -0.259. The Morgan fingerprint density at radius 1 is 0.966 bits per heavy atom. The minimum Gasteiger partial charge on any atom is -0.507 e. The van der Waals surface area contributed by atoms with Crippen molar-refractivity contribution in [2.24, 2.45) is 0 Å². The zero-order valence-electron chi connectivity index (χ0n) is 15.7. The molecule has 0 radical (unpaired) electrons. The van der Waals surface area contributed by atoms with Gasteiger partial charge in [-0.2, -0.15) is 0 Å². The molecule has 4 rings (SSSR count). The second-order valence-electron chi connectivity index (χ2n) is 6.85. The van der Waals surface area contributed by atoms with E-state index in [-0.39, 0.29) is 17.2 Å². The largest absolute Gasteiger partial charge is 0.507 e. The highest BCUT2D eigenvalue weighted by Crippen LogP contribution is 2.33. The fourth-order valence-electron chi connectivity index (χ4n) is 3.42. The molecule has 3 aromatic carbocycles. The number of phenols is 1. The van der Waals surface area contributed by atoms with Gasteiger partial charge in [-0.15, -0.1) is 0 Å². The van der Waals surface area contributed by atoms with E-state index >= 15 is 0 Å². The molecule has 0 bridgehead atoms. The molecular formula is C24H20N2O3. The lowest BCUT2D eigenvalue weighted by atomic mass is 9.99. The fourth-order valence-corrected chi connectivity index (χ4v) is 3.42. The topological polar surface area (TPSA) is 82.2 Å². The van der Waals surface area contributed by atoms with Gasteiger partial charge in [0.15, 0.2) is 0 Å². The number of amides is 1. The van der Waals surface area contributed by atoms with Crippen LogP contribution in [0, 0.1) is 0 Å². The minimum absolute atomic E-state index is 0.0425. The zero-order chi connectivity index (χ0) is 20.2. The molecule has 3 N–H and O–H groups in total. The molecule has 0 unspecified atom stereocenters. The summed E-state index contributed by atoms with van der Waals surface area (Å²) < 4.78 is 0. The van der Waals surface area contributed by atoms with Crippen LogP contribution in [0.25, 0.3) is 21.9 Å². The average Bonchev–Trinajstić information content (AvgIpc) is 2.74. The molecule has 0 aliphatic heterocycles. The predicted molar refractivity (Wildman–Crippen MR) is 115 cm³/mol. The third-order valence-corrected chi connectivity index (χ3v) is 4.84. The van der Waals surface area contributed by atoms with Gasteiger partial charge in [-0.3, -0.25) is 9.59 Å². The van der Waals surface area contributed by atoms with Crippen LogP contribution < -0.4 is 10.9 Å². The van der Waals surface area contributed by atoms with E-state index in [1.807, 2.05) is 54.6 Å². The Labute approximate surface area is 167 Å². The summed E-state index contributed by atoms with van der Waals surface area (Å²) >= 11 is 0. The highest BCUT2D eigenvalue weighted by Gasteiger charge is 2.12. The average molecular weight is 384 g/mol. The molecular weight excluding hydrogens is 364 g/mol. The van der Waals surface area contributed by atoms with Crippen LogP contribution in [-0.2, 0) is 11.2 Å². The summed E-state index contributed by atoms with van der Waals surface area (Å²) in [6.45, 7) is 0. The lowest BCUT2D eigenvalue weighted by Crippen LogP contribution is -2.12. The standard InChI is InChI=1S/C24H20N2O3/c27-21-11-5-10-19-23(21)20(15-25-24(19)29)17-8-4-9-18(14-17)26-22(28)13-12-16-6-2-1-3-7-16/h1-11,14-15,27H,12-13H2,(H,25,29)(H,26,28). The van der Waals surface area contributed by atoms with Gasteiger partial charge in [0.05, 0.1) is 5.39 Å². The first kappa shape index (κ1) is 18.5. The molecule has 1 aromatic heterocycles. The van der Waals surface area contributed by atoms with Crippen molar-refractivity contribution in [1.29, 1.82) is 0 Å². The number of aromatic nitrogens is 1. The third kappa shape index (κ3) is 4.04. The van der Waals surface area contributed by atoms with E-state index in [0.29, 0.717) is 34.9 Å². The molecule has 1 amide bonds. The summed E-state index contributed by atoms with van der Waals surface area (Å²) in [6.07, 6.45) is 2.64. The van der Waals surface area contributed by atoms with Crippen molar-refractivity contribution in [3.8, 4) is 16.9 Å². The first-order chi connectivity index (χ1) is 14.1. The van der Waals surface area contributed by atoms with Gasteiger partial charge in [0.25, 0.3) is 5.56 Å². The maximum absolute atomic E-state index is 12.3. The number of carbonyl (C=O) groups excluding carboxylic acids is 1. The van der Waals surface area contributed by atoms with Crippen LogP contribution >= 0.6 is 0 Å². The molecule has 1 heterocycles. The number of hydrogen-bond acceptors (Lipinski definition) is 3. The summed E-state index contributed by atoms with van der Waals surface area (Å²) in [7, 11) is 0. The number of nitrogens with one attached hydrogen (secondary N) is 2. The molecule has 144 valence electrons. The Morgan fingerprint density at radius 2 is 1.76 bits per heavy atom. The maximum Gasteiger partial charge on any atom is 0.255 e. The molecule has 4 aromatic rings. The van der Waals surface area contributed by atoms with Crippen LogP contribution in [0.3, 0.4) is 0 Å². The van der Waals surface area contributed by atoms with Crippen LogP contribution in [0.4, 0.5) is 5.69 Å². The summed E-state index contributed by atoms with van der Waals surface area (Å²) in [5.41, 5.74) is 3.00. The number of pyridine rings is 1. The van der Waals surface area contributed by atoms with Crippen molar-refractivity contribution in [3.63, 3.8) is 0 Å². The summed E-state index contributed by atoms with van der Waals surface area (Å²) in [6, 6.07) is 22.1. The highest BCUT2D eigenvalue weighted by molar-refractivity contribution is 6.00. The molecule has 0 saturated carbocycles. The number of anilines is 1. The van der Waals surface area contributed by atoms with Crippen molar-refractivity contribution >= 4 is 22.4 Å². The van der Waals surface area contributed by atoms with Gasteiger partial charge >= 0.3 is 0 Å². The van der Waals surface area contributed by atoms with E-state index in [1.165, 1.54) is 0 Å². The number of rotatable bonds is 5. The Kier molecular flexibility index (Phi) is 5.12. The first-order valence-corrected chi connectivity index (χ1v) is 9.39. The molecule has 0 atom stereocenters. The Balaban J connectivity index is 1.58. The molecule has 0 spiro atoms. The van der Waals surface area contributed by atoms with E-state index in [2.05, 4.69) is 10.3 Å². The van der Waals surface area contributed by atoms with Crippen molar-refractivity contribution in [2.75, 3.05) is 5.32 Å². The number of carbonyl (C=O) groups is 1. The second-order valence-corrected chi connectivity index (χ2v) is 6.85. The monoisotopic (exact) mass is 384 g/mol. The maximum atomic E-state index is 12.3. The van der Waals surface area contributed by atoms with Gasteiger partial charge < -0.3 is 15.4 Å². The summed E-state index contributed by atoms with van der Waals surface area (Å²) in [5, 5.41) is 14.1. The molecule has 29 heavy (non-hydrogen) atoms. The van der Waals surface area contributed by atoms with Gasteiger partial charge in [0.2, 0.25) is 5.91 Å². The summed E-state index contributed by atoms with van der Waals surface area (Å²) in [5.74, 6) is -0.0268. The van der Waals surface area contributed by atoms with Crippen LogP contribution in [0.2, 0.25) is 0 Å². The zero-order valence-corrected chi connectivity index (χ0v) is 15.7. The lowest BCUT2D eigenvalue weighted by Gasteiger charge is -2.11. The normalized spacial score (nSPS) is 10.8. The number of H-pyrrole nitrogens is 1. The Hall–Kier alpha value is -3.86. The van der Waals surface area contributed by atoms with Crippen molar-refractivity contribution in [3.05, 3.63) is 94.9 Å². The number of hydrogen-bond donors (Lipinski definition) is 3.